The second-order valence-electron chi connectivity index (χ2n) is 6.25. The van der Waals surface area contributed by atoms with E-state index in [0.29, 0.717) is 24.1 Å². The zero-order valence-electron chi connectivity index (χ0n) is 13.3. The highest BCUT2D eigenvalue weighted by atomic mass is 16.6. The lowest BCUT2D eigenvalue weighted by molar-refractivity contribution is -0.141. The summed E-state index contributed by atoms with van der Waals surface area (Å²) in [5, 5.41) is 21.3. The van der Waals surface area contributed by atoms with Crippen LogP contribution in [0.25, 0.3) is 0 Å². The Hall–Kier alpha value is -2.24. The van der Waals surface area contributed by atoms with Crippen molar-refractivity contribution in [1.82, 2.24) is 0 Å². The van der Waals surface area contributed by atoms with Crippen LogP contribution in [0.5, 0.6) is 5.75 Å². The second-order valence-corrected chi connectivity index (χ2v) is 6.25. The van der Waals surface area contributed by atoms with E-state index >= 15 is 0 Å². The quantitative estimate of drug-likeness (QED) is 0.724. The third-order valence-corrected chi connectivity index (χ3v) is 2.99. The van der Waals surface area contributed by atoms with Crippen LogP contribution in [0.3, 0.4) is 0 Å². The molecule has 6 nitrogen and oxygen atoms in total. The van der Waals surface area contributed by atoms with Gasteiger partial charge in [-0.15, -0.1) is 0 Å². The van der Waals surface area contributed by atoms with Gasteiger partial charge in [-0.05, 0) is 57.4 Å². The van der Waals surface area contributed by atoms with Gasteiger partial charge in [0.05, 0.1) is 5.92 Å². The molecule has 1 aromatic rings. The molecule has 0 fully saturated rings. The molecule has 0 aliphatic heterocycles. The Labute approximate surface area is 130 Å². The Morgan fingerprint density at radius 2 is 1.95 bits per heavy atom. The number of carbonyl (C=O) groups excluding carboxylic acids is 1. The number of ether oxygens (including phenoxy) is 1. The van der Waals surface area contributed by atoms with E-state index in [1.807, 2.05) is 0 Å². The van der Waals surface area contributed by atoms with Gasteiger partial charge in [0.2, 0.25) is 0 Å². The van der Waals surface area contributed by atoms with Crippen LogP contribution in [0.2, 0.25) is 0 Å². The number of aryl methyl sites for hydroxylation is 1. The third kappa shape index (κ3) is 6.03. The van der Waals surface area contributed by atoms with Crippen LogP contribution in [0.15, 0.2) is 18.2 Å². The highest BCUT2D eigenvalue weighted by molar-refractivity contribution is 5.85. The first kappa shape index (κ1) is 17.8. The molecule has 1 aromatic carbocycles. The van der Waals surface area contributed by atoms with Gasteiger partial charge in [0.15, 0.2) is 0 Å². The van der Waals surface area contributed by atoms with Crippen LogP contribution in [-0.4, -0.2) is 27.9 Å². The number of anilines is 1. The smallest absolute Gasteiger partial charge is 0.412 e. The van der Waals surface area contributed by atoms with Crippen molar-refractivity contribution in [3.63, 3.8) is 0 Å². The van der Waals surface area contributed by atoms with Gasteiger partial charge in [0.25, 0.3) is 0 Å². The minimum Gasteiger partial charge on any atom is -0.508 e. The predicted molar refractivity (Wildman–Crippen MR) is 83.1 cm³/mol. The van der Waals surface area contributed by atoms with E-state index < -0.39 is 23.6 Å². The average molecular weight is 309 g/mol. The maximum absolute atomic E-state index is 11.7. The highest BCUT2D eigenvalue weighted by Crippen LogP contribution is 2.24. The molecule has 6 heteroatoms. The lowest BCUT2D eigenvalue weighted by Gasteiger charge is -2.20. The first-order valence-corrected chi connectivity index (χ1v) is 7.13. The average Bonchev–Trinajstić information content (AvgIpc) is 2.36. The standard InChI is InChI=1S/C16H23NO5/c1-10(14(19)20)5-6-11-9-12(7-8-13(11)18)17-15(21)22-16(2,3)4/h7-10,18H,5-6H2,1-4H3,(H,17,21)(H,19,20). The number of amides is 1. The molecule has 1 amide bonds. The molecule has 0 aromatic heterocycles. The fourth-order valence-electron chi connectivity index (χ4n) is 1.78. The van der Waals surface area contributed by atoms with Crippen LogP contribution >= 0.6 is 0 Å². The van der Waals surface area contributed by atoms with Gasteiger partial charge in [0, 0.05) is 5.69 Å². The van der Waals surface area contributed by atoms with Crippen molar-refractivity contribution in [2.24, 2.45) is 5.92 Å². The second kappa shape index (κ2) is 7.15. The summed E-state index contributed by atoms with van der Waals surface area (Å²) in [6.07, 6.45) is 0.227. The Morgan fingerprint density at radius 1 is 1.32 bits per heavy atom. The number of aromatic hydroxyl groups is 1. The number of aliphatic carboxylic acids is 1. The third-order valence-electron chi connectivity index (χ3n) is 2.99. The number of benzene rings is 1. The van der Waals surface area contributed by atoms with E-state index in [4.69, 9.17) is 9.84 Å². The largest absolute Gasteiger partial charge is 0.508 e. The van der Waals surface area contributed by atoms with Crippen molar-refractivity contribution >= 4 is 17.7 Å². The van der Waals surface area contributed by atoms with E-state index in [1.165, 1.54) is 6.07 Å². The molecule has 0 aliphatic carbocycles. The van der Waals surface area contributed by atoms with E-state index in [2.05, 4.69) is 5.32 Å². The zero-order chi connectivity index (χ0) is 16.9. The summed E-state index contributed by atoms with van der Waals surface area (Å²) < 4.78 is 5.15. The van der Waals surface area contributed by atoms with Crippen molar-refractivity contribution in [2.75, 3.05) is 5.32 Å². The minimum atomic E-state index is -0.873. The maximum atomic E-state index is 11.7. The lowest BCUT2D eigenvalue weighted by Crippen LogP contribution is -2.27. The van der Waals surface area contributed by atoms with Crippen molar-refractivity contribution in [2.45, 2.75) is 46.1 Å². The molecule has 0 aliphatic rings. The molecular formula is C16H23NO5. The molecule has 0 heterocycles. The summed E-state index contributed by atoms with van der Waals surface area (Å²) in [4.78, 5) is 22.5. The summed E-state index contributed by atoms with van der Waals surface area (Å²) >= 11 is 0. The van der Waals surface area contributed by atoms with E-state index in [9.17, 15) is 14.7 Å². The summed E-state index contributed by atoms with van der Waals surface area (Å²) in [6.45, 7) is 6.91. The van der Waals surface area contributed by atoms with Crippen molar-refractivity contribution in [1.29, 1.82) is 0 Å². The molecular weight excluding hydrogens is 286 g/mol. The number of phenolic OH excluding ortho intramolecular Hbond substituents is 1. The lowest BCUT2D eigenvalue weighted by atomic mass is 10.0. The monoisotopic (exact) mass is 309 g/mol. The zero-order valence-corrected chi connectivity index (χ0v) is 13.3. The Balaban J connectivity index is 2.73. The summed E-state index contributed by atoms with van der Waals surface area (Å²) in [5.74, 6) is -1.29. The molecule has 1 rings (SSSR count). The molecule has 0 saturated carbocycles. The molecule has 22 heavy (non-hydrogen) atoms. The summed E-state index contributed by atoms with van der Waals surface area (Å²) in [5.41, 5.74) is 0.479. The van der Waals surface area contributed by atoms with Gasteiger partial charge in [-0.3, -0.25) is 10.1 Å². The summed E-state index contributed by atoms with van der Waals surface area (Å²) in [6, 6.07) is 4.64. The molecule has 0 spiro atoms. The van der Waals surface area contributed by atoms with Gasteiger partial charge in [0.1, 0.15) is 11.4 Å². The molecule has 0 saturated heterocycles. The van der Waals surface area contributed by atoms with E-state index in [1.54, 1.807) is 39.8 Å². The van der Waals surface area contributed by atoms with Crippen molar-refractivity contribution in [3.05, 3.63) is 23.8 Å². The summed E-state index contributed by atoms with van der Waals surface area (Å²) in [7, 11) is 0. The number of hydrogen-bond acceptors (Lipinski definition) is 4. The van der Waals surface area contributed by atoms with Gasteiger partial charge in [-0.25, -0.2) is 4.79 Å². The fourth-order valence-corrected chi connectivity index (χ4v) is 1.78. The maximum Gasteiger partial charge on any atom is 0.412 e. The van der Waals surface area contributed by atoms with Crippen LogP contribution < -0.4 is 5.32 Å². The molecule has 1 atom stereocenters. The van der Waals surface area contributed by atoms with Gasteiger partial charge in [-0.2, -0.15) is 0 Å². The van der Waals surface area contributed by atoms with Crippen LogP contribution in [-0.2, 0) is 16.0 Å². The van der Waals surface area contributed by atoms with Gasteiger partial charge in [-0.1, -0.05) is 6.92 Å². The minimum absolute atomic E-state index is 0.0762. The van der Waals surface area contributed by atoms with Crippen LogP contribution in [0.4, 0.5) is 10.5 Å². The topological polar surface area (TPSA) is 95.9 Å². The highest BCUT2D eigenvalue weighted by Gasteiger charge is 2.17. The number of carbonyl (C=O) groups is 2. The number of hydrogen-bond donors (Lipinski definition) is 3. The first-order chi connectivity index (χ1) is 10.1. The molecule has 0 radical (unpaired) electrons. The van der Waals surface area contributed by atoms with Crippen LogP contribution in [0.1, 0.15) is 39.7 Å². The number of rotatable bonds is 5. The Bertz CT molecular complexity index is 548. The van der Waals surface area contributed by atoms with Gasteiger partial charge >= 0.3 is 12.1 Å². The van der Waals surface area contributed by atoms with Crippen LogP contribution in [0, 0.1) is 5.92 Å². The normalized spacial score (nSPS) is 12.5. The number of phenols is 1. The number of carboxylic acid groups (broad SMARTS) is 1. The van der Waals surface area contributed by atoms with Crippen molar-refractivity contribution < 1.29 is 24.5 Å². The van der Waals surface area contributed by atoms with E-state index in [-0.39, 0.29) is 5.75 Å². The van der Waals surface area contributed by atoms with Crippen molar-refractivity contribution in [3.8, 4) is 5.75 Å². The van der Waals surface area contributed by atoms with E-state index in [0.717, 1.165) is 0 Å². The molecule has 122 valence electrons. The Kier molecular flexibility index (Phi) is 5.79. The number of nitrogens with one attached hydrogen (secondary N) is 1. The van der Waals surface area contributed by atoms with Gasteiger partial charge < -0.3 is 14.9 Å². The molecule has 1 unspecified atom stereocenters. The predicted octanol–water partition coefficient (Wildman–Crippen LogP) is 3.39. The molecule has 0 bridgehead atoms. The Morgan fingerprint density at radius 3 is 2.50 bits per heavy atom. The fraction of sp³-hybridized carbons (Fsp3) is 0.500. The SMILES string of the molecule is CC(CCc1cc(NC(=O)OC(C)(C)C)ccc1O)C(=O)O. The molecule has 3 N–H and O–H groups in total. The first-order valence-electron chi connectivity index (χ1n) is 7.13. The number of carboxylic acids is 1.